The van der Waals surface area contributed by atoms with E-state index >= 15 is 0 Å². The molecule has 112 valence electrons. The Morgan fingerprint density at radius 1 is 1.15 bits per heavy atom. The van der Waals surface area contributed by atoms with E-state index in [1.54, 1.807) is 17.4 Å². The molecular formula is C16H25NO2S. The molecule has 1 aromatic rings. The third-order valence-corrected chi connectivity index (χ3v) is 6.24. The zero-order valence-electron chi connectivity index (χ0n) is 12.7. The minimum atomic E-state index is -3.36. The fourth-order valence-corrected chi connectivity index (χ4v) is 4.54. The Morgan fingerprint density at radius 3 is 2.45 bits per heavy atom. The Kier molecular flexibility index (Phi) is 4.86. The summed E-state index contributed by atoms with van der Waals surface area (Å²) in [5.41, 5.74) is 1.81. The van der Waals surface area contributed by atoms with Crippen molar-refractivity contribution >= 4 is 10.0 Å². The smallest absolute Gasteiger partial charge is 0.207 e. The second kappa shape index (κ2) is 6.27. The monoisotopic (exact) mass is 295 g/mol. The quantitative estimate of drug-likeness (QED) is 0.852. The van der Waals surface area contributed by atoms with Crippen molar-refractivity contribution in [3.63, 3.8) is 0 Å². The topological polar surface area (TPSA) is 37.4 Å². The maximum absolute atomic E-state index is 12.7. The standard InChI is InChI=1S/C16H25NO2S/c1-13-9-10-14(2)16(11-13)20(18,19)17(3)12-15-7-5-4-6-8-15/h9-11,15H,4-8,12H2,1-3H3. The average Bonchev–Trinajstić information content (AvgIpc) is 2.42. The molecule has 0 spiro atoms. The highest BCUT2D eigenvalue weighted by molar-refractivity contribution is 7.89. The molecule has 0 aromatic heterocycles. The van der Waals surface area contributed by atoms with Gasteiger partial charge in [0.1, 0.15) is 0 Å². The molecule has 1 saturated carbocycles. The van der Waals surface area contributed by atoms with Crippen molar-refractivity contribution in [3.8, 4) is 0 Å². The summed E-state index contributed by atoms with van der Waals surface area (Å²) in [6.45, 7) is 4.44. The van der Waals surface area contributed by atoms with Crippen LogP contribution in [0.4, 0.5) is 0 Å². The van der Waals surface area contributed by atoms with E-state index in [1.807, 2.05) is 26.0 Å². The van der Waals surface area contributed by atoms with Crippen molar-refractivity contribution in [1.82, 2.24) is 4.31 Å². The highest BCUT2D eigenvalue weighted by atomic mass is 32.2. The van der Waals surface area contributed by atoms with E-state index in [0.717, 1.165) is 24.0 Å². The fraction of sp³-hybridized carbons (Fsp3) is 0.625. The lowest BCUT2D eigenvalue weighted by Gasteiger charge is -2.27. The van der Waals surface area contributed by atoms with Crippen molar-refractivity contribution in [1.29, 1.82) is 0 Å². The molecule has 0 radical (unpaired) electrons. The van der Waals surface area contributed by atoms with Gasteiger partial charge in [0.2, 0.25) is 10.0 Å². The molecule has 0 unspecified atom stereocenters. The van der Waals surface area contributed by atoms with Crippen LogP contribution in [0.15, 0.2) is 23.1 Å². The summed E-state index contributed by atoms with van der Waals surface area (Å²) in [6, 6.07) is 5.62. The van der Waals surface area contributed by atoms with E-state index in [-0.39, 0.29) is 0 Å². The molecule has 1 fully saturated rings. The minimum absolute atomic E-state index is 0.454. The van der Waals surface area contributed by atoms with Gasteiger partial charge in [0, 0.05) is 13.6 Å². The highest BCUT2D eigenvalue weighted by Crippen LogP contribution is 2.27. The van der Waals surface area contributed by atoms with Crippen LogP contribution in [0.5, 0.6) is 0 Å². The van der Waals surface area contributed by atoms with Crippen molar-refractivity contribution in [2.45, 2.75) is 50.8 Å². The highest BCUT2D eigenvalue weighted by Gasteiger charge is 2.26. The second-order valence-corrected chi connectivity index (χ2v) is 8.07. The number of sulfonamides is 1. The van der Waals surface area contributed by atoms with Crippen LogP contribution in [-0.4, -0.2) is 26.3 Å². The van der Waals surface area contributed by atoms with Crippen LogP contribution >= 0.6 is 0 Å². The summed E-state index contributed by atoms with van der Waals surface area (Å²) in [6.07, 6.45) is 6.09. The van der Waals surface area contributed by atoms with Gasteiger partial charge in [0.15, 0.2) is 0 Å². The summed E-state index contributed by atoms with van der Waals surface area (Å²) in [4.78, 5) is 0.454. The Morgan fingerprint density at radius 2 is 1.80 bits per heavy atom. The first-order valence-corrected chi connectivity index (χ1v) is 8.89. The van der Waals surface area contributed by atoms with E-state index in [1.165, 1.54) is 19.3 Å². The molecule has 4 heteroatoms. The van der Waals surface area contributed by atoms with Gasteiger partial charge in [-0.15, -0.1) is 0 Å². The largest absolute Gasteiger partial charge is 0.243 e. The van der Waals surface area contributed by atoms with Crippen molar-refractivity contribution < 1.29 is 8.42 Å². The van der Waals surface area contributed by atoms with E-state index in [2.05, 4.69) is 0 Å². The van der Waals surface area contributed by atoms with Gasteiger partial charge in [-0.1, -0.05) is 31.4 Å². The van der Waals surface area contributed by atoms with Crippen LogP contribution in [0.25, 0.3) is 0 Å². The van der Waals surface area contributed by atoms with Crippen molar-refractivity contribution in [2.24, 2.45) is 5.92 Å². The van der Waals surface area contributed by atoms with Crippen molar-refractivity contribution in [3.05, 3.63) is 29.3 Å². The lowest BCUT2D eigenvalue weighted by atomic mass is 9.89. The van der Waals surface area contributed by atoms with Crippen LogP contribution < -0.4 is 0 Å². The van der Waals surface area contributed by atoms with E-state index in [4.69, 9.17) is 0 Å². The fourth-order valence-electron chi connectivity index (χ4n) is 2.98. The molecular weight excluding hydrogens is 270 g/mol. The Balaban J connectivity index is 2.18. The van der Waals surface area contributed by atoms with E-state index < -0.39 is 10.0 Å². The second-order valence-electron chi connectivity index (χ2n) is 6.06. The molecule has 2 rings (SSSR count). The van der Waals surface area contributed by atoms with Gasteiger partial charge < -0.3 is 0 Å². The molecule has 3 nitrogen and oxygen atoms in total. The van der Waals surface area contributed by atoms with Gasteiger partial charge >= 0.3 is 0 Å². The van der Waals surface area contributed by atoms with Crippen LogP contribution in [-0.2, 0) is 10.0 Å². The van der Waals surface area contributed by atoms with Crippen molar-refractivity contribution in [2.75, 3.05) is 13.6 Å². The zero-order chi connectivity index (χ0) is 14.8. The third-order valence-electron chi connectivity index (χ3n) is 4.27. The molecule has 0 saturated heterocycles. The number of rotatable bonds is 4. The van der Waals surface area contributed by atoms with Crippen LogP contribution in [0.3, 0.4) is 0 Å². The van der Waals surface area contributed by atoms with Gasteiger partial charge in [-0.05, 0) is 49.8 Å². The molecule has 0 aliphatic heterocycles. The third kappa shape index (κ3) is 3.41. The average molecular weight is 295 g/mol. The van der Waals surface area contributed by atoms with Crippen LogP contribution in [0.2, 0.25) is 0 Å². The molecule has 0 heterocycles. The summed E-state index contributed by atoms with van der Waals surface area (Å²) in [7, 11) is -1.64. The lowest BCUT2D eigenvalue weighted by molar-refractivity contribution is 0.300. The number of hydrogen-bond acceptors (Lipinski definition) is 2. The first-order valence-electron chi connectivity index (χ1n) is 7.45. The van der Waals surface area contributed by atoms with E-state index in [0.29, 0.717) is 17.4 Å². The molecule has 0 N–H and O–H groups in total. The summed E-state index contributed by atoms with van der Waals surface area (Å²) in [5, 5.41) is 0. The van der Waals surface area contributed by atoms with E-state index in [9.17, 15) is 8.42 Å². The predicted octanol–water partition coefficient (Wildman–Crippen LogP) is 3.50. The Hall–Kier alpha value is -0.870. The molecule has 0 amide bonds. The maximum Gasteiger partial charge on any atom is 0.243 e. The molecule has 0 atom stereocenters. The molecule has 20 heavy (non-hydrogen) atoms. The number of aryl methyl sites for hydroxylation is 2. The Labute approximate surface area is 123 Å². The SMILES string of the molecule is Cc1ccc(C)c(S(=O)(=O)N(C)CC2CCCCC2)c1. The normalized spacial score (nSPS) is 17.6. The van der Waals surface area contributed by atoms with Gasteiger partial charge in [-0.2, -0.15) is 0 Å². The molecule has 0 bridgehead atoms. The number of benzene rings is 1. The van der Waals surface area contributed by atoms with Gasteiger partial charge in [0.25, 0.3) is 0 Å². The summed E-state index contributed by atoms with van der Waals surface area (Å²) in [5.74, 6) is 0.522. The summed E-state index contributed by atoms with van der Waals surface area (Å²) >= 11 is 0. The Bertz CT molecular complexity index is 560. The van der Waals surface area contributed by atoms with Gasteiger partial charge in [-0.3, -0.25) is 0 Å². The minimum Gasteiger partial charge on any atom is -0.207 e. The molecule has 1 aromatic carbocycles. The van der Waals surface area contributed by atoms with Gasteiger partial charge in [-0.25, -0.2) is 12.7 Å². The predicted molar refractivity (Wildman–Crippen MR) is 82.3 cm³/mol. The first kappa shape index (κ1) is 15.5. The summed E-state index contributed by atoms with van der Waals surface area (Å²) < 4.78 is 27.0. The van der Waals surface area contributed by atoms with Gasteiger partial charge in [0.05, 0.1) is 4.90 Å². The van der Waals surface area contributed by atoms with Crippen LogP contribution in [0, 0.1) is 19.8 Å². The first-order chi connectivity index (χ1) is 9.41. The zero-order valence-corrected chi connectivity index (χ0v) is 13.5. The molecule has 1 aliphatic carbocycles. The lowest BCUT2D eigenvalue weighted by Crippen LogP contribution is -2.33. The van der Waals surface area contributed by atoms with Crippen LogP contribution in [0.1, 0.15) is 43.2 Å². The molecule has 1 aliphatic rings. The number of hydrogen-bond donors (Lipinski definition) is 0. The number of nitrogens with zero attached hydrogens (tertiary/aromatic N) is 1. The maximum atomic E-state index is 12.7.